The third kappa shape index (κ3) is 3.51. The van der Waals surface area contributed by atoms with Gasteiger partial charge in [0.25, 0.3) is 5.17 Å². The van der Waals surface area contributed by atoms with E-state index in [1.165, 1.54) is 6.92 Å². The van der Waals surface area contributed by atoms with Crippen LogP contribution in [0.25, 0.3) is 0 Å². The molecule has 5 heteroatoms. The number of para-hydroxylation sites is 2. The lowest BCUT2D eigenvalue weighted by atomic mass is 10.3. The van der Waals surface area contributed by atoms with Gasteiger partial charge in [-0.3, -0.25) is 4.79 Å². The number of hydrogen-bond donors (Lipinski definition) is 0. The predicted octanol–water partition coefficient (Wildman–Crippen LogP) is 1.84. The zero-order valence-corrected chi connectivity index (χ0v) is 10.2. The summed E-state index contributed by atoms with van der Waals surface area (Å²) in [5.41, 5.74) is 0. The van der Waals surface area contributed by atoms with Gasteiger partial charge in [0.2, 0.25) is 0 Å². The molecule has 0 N–H and O–H groups in total. The first-order valence-electron chi connectivity index (χ1n) is 4.67. The Balaban J connectivity index is 2.86. The Labute approximate surface area is 99.8 Å². The highest BCUT2D eigenvalue weighted by molar-refractivity contribution is 7.80. The SMILES string of the molecule is CC(=O)Oc1ccccc1OC(=S)N(C)C. The van der Waals surface area contributed by atoms with Gasteiger partial charge in [-0.2, -0.15) is 0 Å². The van der Waals surface area contributed by atoms with Gasteiger partial charge in [-0.05, 0) is 24.4 Å². The van der Waals surface area contributed by atoms with Gasteiger partial charge in [-0.1, -0.05) is 12.1 Å². The zero-order valence-electron chi connectivity index (χ0n) is 9.39. The smallest absolute Gasteiger partial charge is 0.308 e. The van der Waals surface area contributed by atoms with Crippen molar-refractivity contribution in [3.63, 3.8) is 0 Å². The highest BCUT2D eigenvalue weighted by Gasteiger charge is 2.09. The van der Waals surface area contributed by atoms with Crippen molar-refractivity contribution in [1.29, 1.82) is 0 Å². The van der Waals surface area contributed by atoms with Crippen LogP contribution >= 0.6 is 12.2 Å². The van der Waals surface area contributed by atoms with E-state index in [9.17, 15) is 4.79 Å². The fourth-order valence-corrected chi connectivity index (χ4v) is 1.05. The number of hydrogen-bond acceptors (Lipinski definition) is 4. The van der Waals surface area contributed by atoms with E-state index >= 15 is 0 Å². The number of esters is 1. The van der Waals surface area contributed by atoms with Crippen LogP contribution in [-0.2, 0) is 4.79 Å². The highest BCUT2D eigenvalue weighted by atomic mass is 32.1. The second-order valence-corrected chi connectivity index (χ2v) is 3.65. The molecule has 0 aliphatic heterocycles. The quantitative estimate of drug-likeness (QED) is 0.447. The van der Waals surface area contributed by atoms with Crippen LogP contribution < -0.4 is 9.47 Å². The molecule has 0 saturated carbocycles. The van der Waals surface area contributed by atoms with Crippen molar-refractivity contribution < 1.29 is 14.3 Å². The lowest BCUT2D eigenvalue weighted by Crippen LogP contribution is -2.25. The van der Waals surface area contributed by atoms with Crippen molar-refractivity contribution in [2.45, 2.75) is 6.92 Å². The molecule has 0 radical (unpaired) electrons. The molecule has 0 atom stereocenters. The third-order valence-electron chi connectivity index (χ3n) is 1.67. The lowest BCUT2D eigenvalue weighted by Gasteiger charge is -2.15. The van der Waals surface area contributed by atoms with E-state index in [1.54, 1.807) is 43.3 Å². The van der Waals surface area contributed by atoms with Crippen LogP contribution in [0.4, 0.5) is 0 Å². The minimum absolute atomic E-state index is 0.305. The summed E-state index contributed by atoms with van der Waals surface area (Å²) in [7, 11) is 3.55. The Morgan fingerprint density at radius 2 is 1.69 bits per heavy atom. The Morgan fingerprint density at radius 1 is 1.19 bits per heavy atom. The molecule has 4 nitrogen and oxygen atoms in total. The van der Waals surface area contributed by atoms with Crippen LogP contribution in [-0.4, -0.2) is 30.1 Å². The maximum Gasteiger partial charge on any atom is 0.308 e. The van der Waals surface area contributed by atoms with E-state index in [1.807, 2.05) is 0 Å². The first kappa shape index (κ1) is 12.4. The van der Waals surface area contributed by atoms with Gasteiger partial charge < -0.3 is 14.4 Å². The number of benzene rings is 1. The summed E-state index contributed by atoms with van der Waals surface area (Å²) >= 11 is 5.00. The zero-order chi connectivity index (χ0) is 12.1. The maximum absolute atomic E-state index is 10.9. The third-order valence-corrected chi connectivity index (χ3v) is 2.11. The number of carbonyl (C=O) groups is 1. The van der Waals surface area contributed by atoms with E-state index < -0.39 is 5.97 Å². The van der Waals surface area contributed by atoms with Crippen molar-refractivity contribution in [3.05, 3.63) is 24.3 Å². The van der Waals surface area contributed by atoms with Crippen LogP contribution in [0.15, 0.2) is 24.3 Å². The maximum atomic E-state index is 10.9. The fraction of sp³-hybridized carbons (Fsp3) is 0.273. The molecule has 1 rings (SSSR count). The molecule has 0 amide bonds. The minimum Gasteiger partial charge on any atom is -0.428 e. The number of carbonyl (C=O) groups excluding carboxylic acids is 1. The van der Waals surface area contributed by atoms with Crippen LogP contribution in [0.2, 0.25) is 0 Å². The Hall–Kier alpha value is -1.62. The standard InChI is InChI=1S/C11H13NO3S/c1-8(13)14-9-6-4-5-7-10(9)15-11(16)12(2)3/h4-7H,1-3H3. The van der Waals surface area contributed by atoms with Crippen LogP contribution in [0.5, 0.6) is 11.5 Å². The number of rotatable bonds is 2. The normalized spacial score (nSPS) is 9.44. The summed E-state index contributed by atoms with van der Waals surface area (Å²) in [6.07, 6.45) is 0. The van der Waals surface area contributed by atoms with Gasteiger partial charge in [0.15, 0.2) is 11.5 Å². The van der Waals surface area contributed by atoms with E-state index in [0.717, 1.165) is 0 Å². The molecule has 1 aromatic rings. The molecule has 0 heterocycles. The number of thiocarbonyl (C=S) groups is 1. The largest absolute Gasteiger partial charge is 0.428 e. The average molecular weight is 239 g/mol. The molecule has 1 aromatic carbocycles. The Bertz CT molecular complexity index is 404. The monoisotopic (exact) mass is 239 g/mol. The van der Waals surface area contributed by atoms with Gasteiger partial charge >= 0.3 is 5.97 Å². The van der Waals surface area contributed by atoms with Gasteiger partial charge in [0.1, 0.15) is 0 Å². The summed E-state index contributed by atoms with van der Waals surface area (Å²) in [4.78, 5) is 12.5. The molecule has 0 spiro atoms. The van der Waals surface area contributed by atoms with Crippen molar-refractivity contribution in [3.8, 4) is 11.5 Å². The summed E-state index contributed by atoms with van der Waals surface area (Å²) in [5.74, 6) is 0.391. The molecular formula is C11H13NO3S. The van der Waals surface area contributed by atoms with Gasteiger partial charge in [-0.15, -0.1) is 0 Å². The summed E-state index contributed by atoms with van der Waals surface area (Å²) in [6.45, 7) is 1.33. The Morgan fingerprint density at radius 3 is 2.12 bits per heavy atom. The molecule has 86 valence electrons. The van der Waals surface area contributed by atoms with Crippen molar-refractivity contribution in [2.24, 2.45) is 0 Å². The second kappa shape index (κ2) is 5.46. The van der Waals surface area contributed by atoms with E-state index in [2.05, 4.69) is 0 Å². The molecule has 16 heavy (non-hydrogen) atoms. The predicted molar refractivity (Wildman–Crippen MR) is 64.7 cm³/mol. The summed E-state index contributed by atoms with van der Waals surface area (Å²) in [5, 5.41) is 0.305. The minimum atomic E-state index is -0.396. The topological polar surface area (TPSA) is 38.8 Å². The van der Waals surface area contributed by atoms with E-state index in [0.29, 0.717) is 16.7 Å². The Kier molecular flexibility index (Phi) is 4.25. The molecule has 0 fully saturated rings. The average Bonchev–Trinajstić information content (AvgIpc) is 2.20. The fourth-order valence-electron chi connectivity index (χ4n) is 0.959. The van der Waals surface area contributed by atoms with E-state index in [-0.39, 0.29) is 0 Å². The molecule has 0 saturated heterocycles. The second-order valence-electron chi connectivity index (χ2n) is 3.30. The van der Waals surface area contributed by atoms with Gasteiger partial charge in [0.05, 0.1) is 0 Å². The van der Waals surface area contributed by atoms with Gasteiger partial charge in [0, 0.05) is 21.0 Å². The van der Waals surface area contributed by atoms with Crippen molar-refractivity contribution in [1.82, 2.24) is 4.90 Å². The molecule has 0 bridgehead atoms. The van der Waals surface area contributed by atoms with Crippen molar-refractivity contribution in [2.75, 3.05) is 14.1 Å². The number of ether oxygens (including phenoxy) is 2. The lowest BCUT2D eigenvalue weighted by molar-refractivity contribution is -0.131. The summed E-state index contributed by atoms with van der Waals surface area (Å²) in [6, 6.07) is 6.87. The number of nitrogens with zero attached hydrogens (tertiary/aromatic N) is 1. The van der Waals surface area contributed by atoms with Crippen LogP contribution in [0, 0.1) is 0 Å². The van der Waals surface area contributed by atoms with Gasteiger partial charge in [-0.25, -0.2) is 0 Å². The van der Waals surface area contributed by atoms with Crippen LogP contribution in [0.3, 0.4) is 0 Å². The first-order chi connectivity index (χ1) is 7.50. The molecular weight excluding hydrogens is 226 g/mol. The highest BCUT2D eigenvalue weighted by Crippen LogP contribution is 2.26. The van der Waals surface area contributed by atoms with E-state index in [4.69, 9.17) is 21.7 Å². The molecule has 0 aliphatic rings. The molecule has 0 aliphatic carbocycles. The molecule has 0 aromatic heterocycles. The van der Waals surface area contributed by atoms with Crippen molar-refractivity contribution >= 4 is 23.4 Å². The van der Waals surface area contributed by atoms with Crippen LogP contribution in [0.1, 0.15) is 6.92 Å². The summed E-state index contributed by atoms with van der Waals surface area (Å²) < 4.78 is 10.4. The first-order valence-corrected chi connectivity index (χ1v) is 5.08. The molecule has 0 unspecified atom stereocenters.